The zero-order chi connectivity index (χ0) is 17.3. The molecule has 1 aromatic heterocycles. The monoisotopic (exact) mass is 332 g/mol. The van der Waals surface area contributed by atoms with E-state index in [2.05, 4.69) is 49.0 Å². The van der Waals surface area contributed by atoms with Crippen LogP contribution in [0.4, 0.5) is 0 Å². The Morgan fingerprint density at radius 1 is 0.542 bits per heavy atom. The minimum absolute atomic E-state index is 0.716. The molecule has 0 bridgehead atoms. The lowest BCUT2D eigenvalue weighted by Gasteiger charge is -2.12. The van der Waals surface area contributed by atoms with Crippen molar-refractivity contribution in [1.29, 1.82) is 0 Å². The van der Waals surface area contributed by atoms with Crippen molar-refractivity contribution >= 4 is 0 Å². The van der Waals surface area contributed by atoms with Crippen molar-refractivity contribution in [2.45, 2.75) is 116 Å². The molecular weight excluding hydrogens is 290 g/mol. The first-order valence-corrected chi connectivity index (χ1v) is 10.8. The van der Waals surface area contributed by atoms with E-state index < -0.39 is 0 Å². The molecule has 1 heteroatoms. The van der Waals surface area contributed by atoms with E-state index in [1.54, 1.807) is 0 Å². The van der Waals surface area contributed by atoms with Gasteiger partial charge in [0.25, 0.3) is 0 Å². The van der Waals surface area contributed by atoms with Gasteiger partial charge < -0.3 is 0 Å². The molecule has 1 unspecified atom stereocenters. The summed E-state index contributed by atoms with van der Waals surface area (Å²) in [4.78, 5) is 0. The van der Waals surface area contributed by atoms with Gasteiger partial charge >= 0.3 is 0 Å². The highest BCUT2D eigenvalue weighted by Crippen LogP contribution is 2.19. The van der Waals surface area contributed by atoms with E-state index >= 15 is 0 Å². The Bertz CT molecular complexity index is 360. The zero-order valence-electron chi connectivity index (χ0n) is 16.5. The van der Waals surface area contributed by atoms with Gasteiger partial charge in [-0.1, -0.05) is 90.5 Å². The molecule has 0 fully saturated rings. The van der Waals surface area contributed by atoms with Gasteiger partial charge in [0.2, 0.25) is 0 Å². The maximum atomic E-state index is 2.46. The summed E-state index contributed by atoms with van der Waals surface area (Å²) < 4.78 is 2.46. The summed E-state index contributed by atoms with van der Waals surface area (Å²) >= 11 is 0. The molecule has 138 valence electrons. The van der Waals surface area contributed by atoms with Crippen molar-refractivity contribution < 1.29 is 4.57 Å². The van der Waals surface area contributed by atoms with Gasteiger partial charge in [-0.25, -0.2) is 4.57 Å². The second-order valence-corrected chi connectivity index (χ2v) is 7.44. The fourth-order valence-corrected chi connectivity index (χ4v) is 3.60. The van der Waals surface area contributed by atoms with Crippen LogP contribution in [0.1, 0.15) is 116 Å². The smallest absolute Gasteiger partial charge is 0.169 e. The van der Waals surface area contributed by atoms with Crippen LogP contribution in [0.3, 0.4) is 0 Å². The minimum Gasteiger partial charge on any atom is -0.202 e. The number of hydrogen-bond acceptors (Lipinski definition) is 0. The number of unbranched alkanes of at least 4 members (excludes halogenated alkanes) is 11. The van der Waals surface area contributed by atoms with Gasteiger partial charge in [0.15, 0.2) is 18.4 Å². The maximum Gasteiger partial charge on any atom is 0.169 e. The topological polar surface area (TPSA) is 3.88 Å². The highest BCUT2D eigenvalue weighted by atomic mass is 15.0. The molecular formula is C23H42N+. The fourth-order valence-electron chi connectivity index (χ4n) is 3.60. The third-order valence-corrected chi connectivity index (χ3v) is 5.19. The molecule has 1 aromatic rings. The number of rotatable bonds is 16. The molecule has 0 amide bonds. The van der Waals surface area contributed by atoms with Crippen molar-refractivity contribution in [3.8, 4) is 0 Å². The van der Waals surface area contributed by atoms with Crippen molar-refractivity contribution in [3.63, 3.8) is 0 Å². The molecule has 1 nitrogen and oxygen atoms in total. The fraction of sp³-hybridized carbons (Fsp3) is 0.783. The largest absolute Gasteiger partial charge is 0.202 e. The van der Waals surface area contributed by atoms with Gasteiger partial charge in [-0.3, -0.25) is 0 Å². The summed E-state index contributed by atoms with van der Waals surface area (Å²) in [5.41, 5.74) is 0. The summed E-state index contributed by atoms with van der Waals surface area (Å²) in [5.74, 6) is 0. The van der Waals surface area contributed by atoms with Crippen molar-refractivity contribution in [2.24, 2.45) is 0 Å². The second-order valence-electron chi connectivity index (χ2n) is 7.44. The van der Waals surface area contributed by atoms with Crippen LogP contribution in [0.25, 0.3) is 0 Å². The average molecular weight is 333 g/mol. The van der Waals surface area contributed by atoms with Crippen molar-refractivity contribution in [2.75, 3.05) is 0 Å². The first-order chi connectivity index (χ1) is 11.9. The highest BCUT2D eigenvalue weighted by molar-refractivity contribution is 4.84. The standard InChI is InChI=1S/C23H42N/c1-3-5-7-9-11-13-16-20-23(24-21-17-14-18-22-24)19-15-12-10-8-6-4-2/h14,17-18,21-23H,3-13,15-16,19-20H2,1-2H3/q+1. The molecule has 0 N–H and O–H groups in total. The normalized spacial score (nSPS) is 12.4. The SMILES string of the molecule is CCCCCCCCCC(CCCCCCCC)[n+]1ccccc1. The third-order valence-electron chi connectivity index (χ3n) is 5.19. The molecule has 1 heterocycles. The molecule has 0 saturated heterocycles. The third kappa shape index (κ3) is 10.8. The van der Waals surface area contributed by atoms with Crippen molar-refractivity contribution in [1.82, 2.24) is 0 Å². The van der Waals surface area contributed by atoms with E-state index in [-0.39, 0.29) is 0 Å². The summed E-state index contributed by atoms with van der Waals surface area (Å²) in [5, 5.41) is 0. The van der Waals surface area contributed by atoms with Gasteiger partial charge in [0.05, 0.1) is 0 Å². The van der Waals surface area contributed by atoms with E-state index in [0.717, 1.165) is 0 Å². The first-order valence-electron chi connectivity index (χ1n) is 10.8. The van der Waals surface area contributed by atoms with Gasteiger partial charge in [-0.2, -0.15) is 0 Å². The highest BCUT2D eigenvalue weighted by Gasteiger charge is 2.16. The predicted octanol–water partition coefficient (Wildman–Crippen LogP) is 7.41. The van der Waals surface area contributed by atoms with E-state index in [1.165, 1.54) is 96.3 Å². The maximum absolute atomic E-state index is 2.46. The average Bonchev–Trinajstić information content (AvgIpc) is 2.62. The Morgan fingerprint density at radius 3 is 1.42 bits per heavy atom. The molecule has 0 aliphatic heterocycles. The molecule has 0 aliphatic carbocycles. The quantitative estimate of drug-likeness (QED) is 0.219. The zero-order valence-corrected chi connectivity index (χ0v) is 16.5. The van der Waals surface area contributed by atoms with Crippen molar-refractivity contribution in [3.05, 3.63) is 30.6 Å². The predicted molar refractivity (Wildman–Crippen MR) is 106 cm³/mol. The summed E-state index contributed by atoms with van der Waals surface area (Å²) in [6.07, 6.45) is 25.6. The number of nitrogens with zero attached hydrogens (tertiary/aromatic N) is 1. The van der Waals surface area contributed by atoms with Crippen LogP contribution in [0.2, 0.25) is 0 Å². The molecule has 0 aromatic carbocycles. The Kier molecular flexibility index (Phi) is 13.8. The van der Waals surface area contributed by atoms with Gasteiger partial charge in [-0.05, 0) is 12.8 Å². The molecule has 24 heavy (non-hydrogen) atoms. The second kappa shape index (κ2) is 15.7. The number of hydrogen-bond donors (Lipinski definition) is 0. The number of pyridine rings is 1. The van der Waals surface area contributed by atoms with E-state index in [4.69, 9.17) is 0 Å². The van der Waals surface area contributed by atoms with Crippen LogP contribution in [0.15, 0.2) is 30.6 Å². The first kappa shape index (κ1) is 21.2. The van der Waals surface area contributed by atoms with Crippen LogP contribution in [0, 0.1) is 0 Å². The Balaban J connectivity index is 2.23. The molecule has 1 atom stereocenters. The van der Waals surface area contributed by atoms with Crippen LogP contribution >= 0.6 is 0 Å². The van der Waals surface area contributed by atoms with Crippen LogP contribution in [-0.4, -0.2) is 0 Å². The van der Waals surface area contributed by atoms with E-state index in [9.17, 15) is 0 Å². The van der Waals surface area contributed by atoms with Crippen LogP contribution in [0.5, 0.6) is 0 Å². The lowest BCUT2D eigenvalue weighted by atomic mass is 9.99. The van der Waals surface area contributed by atoms with Gasteiger partial charge in [0, 0.05) is 25.0 Å². The molecule has 0 spiro atoms. The van der Waals surface area contributed by atoms with E-state index in [1.807, 2.05) is 0 Å². The number of aromatic nitrogens is 1. The minimum atomic E-state index is 0.716. The molecule has 0 aliphatic rings. The summed E-state index contributed by atoms with van der Waals surface area (Å²) in [6.45, 7) is 4.59. The summed E-state index contributed by atoms with van der Waals surface area (Å²) in [7, 11) is 0. The van der Waals surface area contributed by atoms with Crippen LogP contribution in [-0.2, 0) is 0 Å². The lowest BCUT2D eigenvalue weighted by molar-refractivity contribution is -0.724. The van der Waals surface area contributed by atoms with Crippen LogP contribution < -0.4 is 4.57 Å². The Hall–Kier alpha value is -0.850. The van der Waals surface area contributed by atoms with Gasteiger partial charge in [-0.15, -0.1) is 0 Å². The van der Waals surface area contributed by atoms with Gasteiger partial charge in [0.1, 0.15) is 0 Å². The summed E-state index contributed by atoms with van der Waals surface area (Å²) in [6, 6.07) is 7.21. The Labute approximate surface area is 151 Å². The lowest BCUT2D eigenvalue weighted by Crippen LogP contribution is -2.38. The molecule has 0 radical (unpaired) electrons. The molecule has 1 rings (SSSR count). The van der Waals surface area contributed by atoms with E-state index in [0.29, 0.717) is 6.04 Å². The molecule has 0 saturated carbocycles. The Morgan fingerprint density at radius 2 is 0.958 bits per heavy atom.